The summed E-state index contributed by atoms with van der Waals surface area (Å²) in [5.41, 5.74) is 0.382. The molecule has 27 heavy (non-hydrogen) atoms. The van der Waals surface area contributed by atoms with Gasteiger partial charge in [0.25, 0.3) is 0 Å². The van der Waals surface area contributed by atoms with Crippen LogP contribution in [-0.4, -0.2) is 25.8 Å². The van der Waals surface area contributed by atoms with Crippen LogP contribution in [-0.2, 0) is 12.8 Å². The van der Waals surface area contributed by atoms with Gasteiger partial charge in [-0.1, -0.05) is 6.07 Å². The van der Waals surface area contributed by atoms with Gasteiger partial charge in [0.15, 0.2) is 0 Å². The summed E-state index contributed by atoms with van der Waals surface area (Å²) in [6.07, 6.45) is -2.22. The summed E-state index contributed by atoms with van der Waals surface area (Å²) >= 11 is 0. The van der Waals surface area contributed by atoms with E-state index in [2.05, 4.69) is 30.5 Å². The van der Waals surface area contributed by atoms with E-state index in [-0.39, 0.29) is 24.5 Å². The second kappa shape index (κ2) is 7.11. The van der Waals surface area contributed by atoms with Crippen molar-refractivity contribution in [2.75, 3.05) is 10.6 Å². The molecule has 0 spiro atoms. The Morgan fingerprint density at radius 2 is 2.04 bits per heavy atom. The summed E-state index contributed by atoms with van der Waals surface area (Å²) in [5.74, 6) is -0.262. The van der Waals surface area contributed by atoms with Gasteiger partial charge in [0.2, 0.25) is 5.95 Å². The summed E-state index contributed by atoms with van der Waals surface area (Å²) in [5, 5.41) is 10.5. The van der Waals surface area contributed by atoms with E-state index in [1.807, 2.05) is 0 Å². The van der Waals surface area contributed by atoms with Crippen LogP contribution in [0.4, 0.5) is 30.6 Å². The van der Waals surface area contributed by atoms with Gasteiger partial charge in [-0.3, -0.25) is 4.85 Å². The third-order valence-electron chi connectivity index (χ3n) is 3.66. The molecule has 0 unspecified atom stereocenters. The van der Waals surface area contributed by atoms with Gasteiger partial charge in [-0.25, -0.2) is 11.6 Å². The molecule has 0 aliphatic heterocycles. The number of hydrogen-bond donors (Lipinski definition) is 2. The summed E-state index contributed by atoms with van der Waals surface area (Å²) in [4.78, 5) is 11.1. The van der Waals surface area contributed by atoms with E-state index in [4.69, 9.17) is 6.57 Å². The molecule has 3 aromatic rings. The molecule has 0 saturated carbocycles. The number of nitrogens with zero attached hydrogens (tertiary/aromatic N) is 5. The van der Waals surface area contributed by atoms with Gasteiger partial charge in [-0.05, 0) is 26.0 Å². The van der Waals surface area contributed by atoms with E-state index >= 15 is 0 Å². The molecule has 2 N–H and O–H groups in total. The Bertz CT molecular complexity index is 1000. The quantitative estimate of drug-likeness (QED) is 0.651. The maximum Gasteiger partial charge on any atom is 0.421 e. The lowest BCUT2D eigenvalue weighted by Gasteiger charge is -2.16. The highest BCUT2D eigenvalue weighted by Gasteiger charge is 2.35. The van der Waals surface area contributed by atoms with Gasteiger partial charge in [0, 0.05) is 17.6 Å². The number of nitrogens with one attached hydrogen (secondary N) is 2. The Balaban J connectivity index is 1.99. The molecule has 1 aromatic carbocycles. The zero-order chi connectivity index (χ0) is 19.6. The number of benzene rings is 1. The lowest BCUT2D eigenvalue weighted by atomic mass is 10.2. The fraction of sp³-hybridized carbons (Fsp3) is 0.294. The Morgan fingerprint density at radius 3 is 2.70 bits per heavy atom. The van der Waals surface area contributed by atoms with Crippen molar-refractivity contribution in [2.45, 2.75) is 32.7 Å². The van der Waals surface area contributed by atoms with E-state index in [0.717, 1.165) is 11.7 Å². The molecule has 2 aromatic heterocycles. The highest BCUT2D eigenvalue weighted by atomic mass is 19.4. The van der Waals surface area contributed by atoms with Gasteiger partial charge in [0.1, 0.15) is 11.4 Å². The van der Waals surface area contributed by atoms with Gasteiger partial charge in [0.05, 0.1) is 17.4 Å². The molecule has 0 radical (unpaired) electrons. The van der Waals surface area contributed by atoms with Crippen LogP contribution in [0.1, 0.15) is 19.4 Å². The zero-order valence-corrected chi connectivity index (χ0v) is 14.5. The largest absolute Gasteiger partial charge is 0.421 e. The smallest absolute Gasteiger partial charge is 0.367 e. The third-order valence-corrected chi connectivity index (χ3v) is 3.66. The molecule has 3 rings (SSSR count). The Labute approximate surface area is 153 Å². The zero-order valence-electron chi connectivity index (χ0n) is 14.5. The van der Waals surface area contributed by atoms with Gasteiger partial charge in [-0.2, -0.15) is 27.9 Å². The average molecular weight is 375 g/mol. The molecule has 140 valence electrons. The molecule has 0 amide bonds. The average Bonchev–Trinajstić information content (AvgIpc) is 2.98. The van der Waals surface area contributed by atoms with Crippen LogP contribution in [0.15, 0.2) is 30.6 Å². The van der Waals surface area contributed by atoms with Crippen LogP contribution in [0.2, 0.25) is 0 Å². The first kappa shape index (κ1) is 18.4. The van der Waals surface area contributed by atoms with Crippen LogP contribution >= 0.6 is 0 Å². The van der Waals surface area contributed by atoms with E-state index < -0.39 is 11.7 Å². The monoisotopic (exact) mass is 375 g/mol. The maximum atomic E-state index is 13.2. The summed E-state index contributed by atoms with van der Waals surface area (Å²) < 4.78 is 41.0. The van der Waals surface area contributed by atoms with E-state index in [0.29, 0.717) is 11.1 Å². The van der Waals surface area contributed by atoms with Crippen molar-refractivity contribution in [2.24, 2.45) is 0 Å². The van der Waals surface area contributed by atoms with Crippen LogP contribution in [0.3, 0.4) is 0 Å². The predicted octanol–water partition coefficient (Wildman–Crippen LogP) is 4.29. The summed E-state index contributed by atoms with van der Waals surface area (Å²) in [6.45, 7) is 10.5. The Morgan fingerprint density at radius 1 is 1.26 bits per heavy atom. The van der Waals surface area contributed by atoms with Crippen LogP contribution < -0.4 is 10.6 Å². The Kier molecular flexibility index (Phi) is 4.85. The molecular formula is C17H16F3N7. The van der Waals surface area contributed by atoms with Crippen molar-refractivity contribution in [1.82, 2.24) is 19.7 Å². The molecule has 2 heterocycles. The van der Waals surface area contributed by atoms with E-state index in [1.54, 1.807) is 38.2 Å². The molecule has 0 fully saturated rings. The fourth-order valence-electron chi connectivity index (χ4n) is 2.55. The van der Waals surface area contributed by atoms with Crippen molar-refractivity contribution in [3.63, 3.8) is 0 Å². The van der Waals surface area contributed by atoms with Crippen molar-refractivity contribution in [3.8, 4) is 0 Å². The van der Waals surface area contributed by atoms with Crippen molar-refractivity contribution in [3.05, 3.63) is 47.6 Å². The first-order chi connectivity index (χ1) is 12.8. The summed E-state index contributed by atoms with van der Waals surface area (Å²) in [6, 6.07) is 5.06. The van der Waals surface area contributed by atoms with Gasteiger partial charge < -0.3 is 10.6 Å². The van der Waals surface area contributed by atoms with E-state index in [1.165, 1.54) is 4.68 Å². The molecule has 0 aliphatic carbocycles. The number of alkyl halides is 3. The van der Waals surface area contributed by atoms with E-state index in [9.17, 15) is 13.2 Å². The molecule has 0 atom stereocenters. The number of halogens is 3. The van der Waals surface area contributed by atoms with Crippen LogP contribution in [0.5, 0.6) is 0 Å². The topological polar surface area (TPSA) is 72.0 Å². The SMILES string of the molecule is [C-]#[N+]Cn1ncc2c(Nc3ncc(C(F)(F)F)c(NC(C)C)n3)cccc21. The highest BCUT2D eigenvalue weighted by molar-refractivity contribution is 5.92. The first-order valence-corrected chi connectivity index (χ1v) is 8.05. The van der Waals surface area contributed by atoms with Gasteiger partial charge >= 0.3 is 12.8 Å². The number of rotatable bonds is 5. The first-order valence-electron chi connectivity index (χ1n) is 8.05. The molecular weight excluding hydrogens is 359 g/mol. The van der Waals surface area contributed by atoms with Gasteiger partial charge in [-0.15, -0.1) is 0 Å². The number of fused-ring (bicyclic) bond motifs is 1. The molecule has 10 heteroatoms. The second-order valence-electron chi connectivity index (χ2n) is 6.06. The van der Waals surface area contributed by atoms with Crippen LogP contribution in [0.25, 0.3) is 15.7 Å². The minimum atomic E-state index is -4.56. The molecule has 0 bridgehead atoms. The predicted molar refractivity (Wildman–Crippen MR) is 95.4 cm³/mol. The second-order valence-corrected chi connectivity index (χ2v) is 6.06. The lowest BCUT2D eigenvalue weighted by molar-refractivity contribution is -0.137. The number of hydrogen-bond acceptors (Lipinski definition) is 5. The lowest BCUT2D eigenvalue weighted by Crippen LogP contribution is -2.18. The minimum Gasteiger partial charge on any atom is -0.367 e. The molecule has 7 nitrogen and oxygen atoms in total. The van der Waals surface area contributed by atoms with Crippen LogP contribution in [0, 0.1) is 6.57 Å². The highest BCUT2D eigenvalue weighted by Crippen LogP contribution is 2.34. The van der Waals surface area contributed by atoms with Crippen molar-refractivity contribution in [1.29, 1.82) is 0 Å². The third kappa shape index (κ3) is 3.92. The number of aromatic nitrogens is 4. The van der Waals surface area contributed by atoms with Crippen molar-refractivity contribution >= 4 is 28.4 Å². The maximum absolute atomic E-state index is 13.2. The minimum absolute atomic E-state index is 0.0246. The fourth-order valence-corrected chi connectivity index (χ4v) is 2.55. The molecule has 0 saturated heterocycles. The number of anilines is 3. The standard InChI is InChI=1S/C17H16F3N7/c1-10(2)24-15-12(17(18,19)20)8-22-16(26-15)25-13-5-4-6-14-11(13)7-23-27(14)9-21-3/h4-8,10H,9H2,1-2H3,(H2,22,24,25,26). The Hall–Kier alpha value is -3.35. The van der Waals surface area contributed by atoms with Crippen molar-refractivity contribution < 1.29 is 13.2 Å². The normalized spacial score (nSPS) is 11.6. The molecule has 0 aliphatic rings. The summed E-state index contributed by atoms with van der Waals surface area (Å²) in [7, 11) is 0.